The van der Waals surface area contributed by atoms with Crippen molar-refractivity contribution in [3.05, 3.63) is 69.5 Å². The Bertz CT molecular complexity index is 878. The van der Waals surface area contributed by atoms with Gasteiger partial charge in [-0.15, -0.1) is 0 Å². The minimum atomic E-state index is -0.703. The van der Waals surface area contributed by atoms with Gasteiger partial charge in [0, 0.05) is 28.2 Å². The van der Waals surface area contributed by atoms with Gasteiger partial charge in [0.15, 0.2) is 0 Å². The molecule has 0 bridgehead atoms. The van der Waals surface area contributed by atoms with Crippen molar-refractivity contribution in [2.24, 2.45) is 0 Å². The van der Waals surface area contributed by atoms with E-state index < -0.39 is 6.04 Å². The highest BCUT2D eigenvalue weighted by Crippen LogP contribution is 2.27. The molecule has 30 heavy (non-hydrogen) atoms. The van der Waals surface area contributed by atoms with Crippen molar-refractivity contribution in [2.45, 2.75) is 57.7 Å². The van der Waals surface area contributed by atoms with Crippen LogP contribution in [0.3, 0.4) is 0 Å². The van der Waals surface area contributed by atoms with E-state index in [4.69, 9.17) is 23.2 Å². The lowest BCUT2D eigenvalue weighted by Crippen LogP contribution is -2.50. The predicted molar refractivity (Wildman–Crippen MR) is 117 cm³/mol. The van der Waals surface area contributed by atoms with Crippen LogP contribution in [0.2, 0.25) is 10.0 Å². The molecule has 3 rings (SSSR count). The van der Waals surface area contributed by atoms with Gasteiger partial charge in [-0.05, 0) is 49.6 Å². The summed E-state index contributed by atoms with van der Waals surface area (Å²) in [4.78, 5) is 27.5. The van der Waals surface area contributed by atoms with Crippen LogP contribution in [0.1, 0.15) is 43.7 Å². The smallest absolute Gasteiger partial charge is 0.242 e. The number of rotatable bonds is 7. The van der Waals surface area contributed by atoms with Gasteiger partial charge in [0.1, 0.15) is 11.9 Å². The van der Waals surface area contributed by atoms with Gasteiger partial charge in [-0.2, -0.15) is 0 Å². The van der Waals surface area contributed by atoms with Crippen LogP contribution in [0, 0.1) is 5.82 Å². The molecule has 1 atom stereocenters. The second-order valence-corrected chi connectivity index (χ2v) is 8.51. The van der Waals surface area contributed by atoms with Crippen molar-refractivity contribution in [1.29, 1.82) is 0 Å². The fraction of sp³-hybridized carbons (Fsp3) is 0.391. The number of hydrogen-bond donors (Lipinski definition) is 1. The Labute approximate surface area is 186 Å². The lowest BCUT2D eigenvalue weighted by Gasteiger charge is -2.30. The van der Waals surface area contributed by atoms with E-state index in [0.717, 1.165) is 25.7 Å². The zero-order valence-corrected chi connectivity index (χ0v) is 18.3. The normalized spacial score (nSPS) is 15.1. The fourth-order valence-electron chi connectivity index (χ4n) is 3.71. The first-order chi connectivity index (χ1) is 14.3. The number of nitrogens with zero attached hydrogens (tertiary/aromatic N) is 1. The summed E-state index contributed by atoms with van der Waals surface area (Å²) in [6, 6.07) is 10.3. The van der Waals surface area contributed by atoms with Crippen LogP contribution in [0.5, 0.6) is 0 Å². The first-order valence-electron chi connectivity index (χ1n) is 10.1. The van der Waals surface area contributed by atoms with Crippen LogP contribution in [0.4, 0.5) is 4.39 Å². The summed E-state index contributed by atoms with van der Waals surface area (Å²) in [6.07, 6.45) is 4.16. The van der Waals surface area contributed by atoms with Gasteiger partial charge in [0.25, 0.3) is 0 Å². The Hall–Kier alpha value is -2.11. The lowest BCUT2D eigenvalue weighted by atomic mass is 10.1. The number of hydrogen-bond acceptors (Lipinski definition) is 2. The highest BCUT2D eigenvalue weighted by Gasteiger charge is 2.29. The molecule has 1 N–H and O–H groups in total. The van der Waals surface area contributed by atoms with E-state index in [-0.39, 0.29) is 36.6 Å². The van der Waals surface area contributed by atoms with Crippen molar-refractivity contribution in [1.82, 2.24) is 10.2 Å². The van der Waals surface area contributed by atoms with Crippen LogP contribution in [-0.4, -0.2) is 28.8 Å². The van der Waals surface area contributed by atoms with E-state index in [1.54, 1.807) is 37.3 Å². The maximum absolute atomic E-state index is 13.2. The van der Waals surface area contributed by atoms with Crippen molar-refractivity contribution in [2.75, 3.05) is 0 Å². The zero-order chi connectivity index (χ0) is 21.7. The standard InChI is InChI=1S/C23H25Cl2FN2O2/c1-15(23(30)27-18-5-2-3-6-18)28(14-19-20(24)7-4-8-21(19)25)22(29)13-16-9-11-17(26)12-10-16/h4,7-12,15,18H,2-3,5-6,13-14H2,1H3,(H,27,30)/t15-/m0/s1. The molecule has 0 unspecified atom stereocenters. The van der Waals surface area contributed by atoms with E-state index in [1.165, 1.54) is 17.0 Å². The molecule has 160 valence electrons. The molecule has 1 aliphatic carbocycles. The Morgan fingerprint density at radius 2 is 1.70 bits per heavy atom. The second-order valence-electron chi connectivity index (χ2n) is 7.69. The summed E-state index contributed by atoms with van der Waals surface area (Å²) < 4.78 is 13.2. The SMILES string of the molecule is C[C@@H](C(=O)NC1CCCC1)N(Cc1c(Cl)cccc1Cl)C(=O)Cc1ccc(F)cc1. The Morgan fingerprint density at radius 1 is 1.10 bits per heavy atom. The summed E-state index contributed by atoms with van der Waals surface area (Å²) in [6.45, 7) is 1.81. The predicted octanol–water partition coefficient (Wildman–Crippen LogP) is 5.15. The molecule has 0 aliphatic heterocycles. The van der Waals surface area contributed by atoms with E-state index >= 15 is 0 Å². The van der Waals surface area contributed by atoms with Crippen LogP contribution < -0.4 is 5.32 Å². The van der Waals surface area contributed by atoms with Crippen molar-refractivity contribution >= 4 is 35.0 Å². The number of halogens is 3. The van der Waals surface area contributed by atoms with Crippen LogP contribution in [-0.2, 0) is 22.6 Å². The van der Waals surface area contributed by atoms with Gasteiger partial charge >= 0.3 is 0 Å². The molecular weight excluding hydrogens is 426 g/mol. The Morgan fingerprint density at radius 3 is 2.30 bits per heavy atom. The van der Waals surface area contributed by atoms with Crippen molar-refractivity contribution < 1.29 is 14.0 Å². The topological polar surface area (TPSA) is 49.4 Å². The van der Waals surface area contributed by atoms with Gasteiger partial charge < -0.3 is 10.2 Å². The summed E-state index contributed by atoms with van der Waals surface area (Å²) in [7, 11) is 0. The van der Waals surface area contributed by atoms with Crippen molar-refractivity contribution in [3.63, 3.8) is 0 Å². The molecule has 0 aromatic heterocycles. The first-order valence-corrected chi connectivity index (χ1v) is 10.9. The van der Waals surface area contributed by atoms with Gasteiger partial charge in [-0.1, -0.05) is 54.2 Å². The molecule has 2 amide bonds. The molecule has 1 saturated carbocycles. The van der Waals surface area contributed by atoms with E-state index in [1.807, 2.05) is 0 Å². The zero-order valence-electron chi connectivity index (χ0n) is 16.8. The largest absolute Gasteiger partial charge is 0.352 e. The number of amides is 2. The highest BCUT2D eigenvalue weighted by molar-refractivity contribution is 6.36. The Kier molecular flexibility index (Phi) is 7.73. The Balaban J connectivity index is 1.81. The van der Waals surface area contributed by atoms with Crippen LogP contribution in [0.15, 0.2) is 42.5 Å². The van der Waals surface area contributed by atoms with E-state index in [2.05, 4.69) is 5.32 Å². The quantitative estimate of drug-likeness (QED) is 0.633. The lowest BCUT2D eigenvalue weighted by molar-refractivity contribution is -0.140. The number of nitrogens with one attached hydrogen (secondary N) is 1. The van der Waals surface area contributed by atoms with Crippen LogP contribution >= 0.6 is 23.2 Å². The number of carbonyl (C=O) groups is 2. The molecule has 1 aliphatic rings. The summed E-state index contributed by atoms with van der Waals surface area (Å²) in [5.74, 6) is -0.820. The molecule has 2 aromatic carbocycles. The third-order valence-electron chi connectivity index (χ3n) is 5.53. The molecule has 4 nitrogen and oxygen atoms in total. The molecule has 0 saturated heterocycles. The molecule has 0 radical (unpaired) electrons. The summed E-state index contributed by atoms with van der Waals surface area (Å²) in [5.41, 5.74) is 1.26. The molecule has 2 aromatic rings. The van der Waals surface area contributed by atoms with E-state index in [9.17, 15) is 14.0 Å². The molecule has 1 fully saturated rings. The van der Waals surface area contributed by atoms with Crippen molar-refractivity contribution in [3.8, 4) is 0 Å². The first kappa shape index (κ1) is 22.6. The minimum absolute atomic E-state index is 0.0450. The molecule has 0 spiro atoms. The summed E-state index contributed by atoms with van der Waals surface area (Å²) >= 11 is 12.6. The maximum atomic E-state index is 13.2. The van der Waals surface area contributed by atoms with E-state index in [0.29, 0.717) is 21.2 Å². The van der Waals surface area contributed by atoms with Crippen LogP contribution in [0.25, 0.3) is 0 Å². The fourth-order valence-corrected chi connectivity index (χ4v) is 4.22. The molecule has 0 heterocycles. The minimum Gasteiger partial charge on any atom is -0.352 e. The average Bonchev–Trinajstić information content (AvgIpc) is 3.22. The summed E-state index contributed by atoms with van der Waals surface area (Å²) in [5, 5.41) is 3.92. The third kappa shape index (κ3) is 5.73. The second kappa shape index (κ2) is 10.3. The van der Waals surface area contributed by atoms with Gasteiger partial charge in [-0.25, -0.2) is 4.39 Å². The van der Waals surface area contributed by atoms with Gasteiger partial charge in [0.2, 0.25) is 11.8 Å². The number of carbonyl (C=O) groups excluding carboxylic acids is 2. The number of benzene rings is 2. The average molecular weight is 451 g/mol. The monoisotopic (exact) mass is 450 g/mol. The highest BCUT2D eigenvalue weighted by atomic mass is 35.5. The van der Waals surface area contributed by atoms with Gasteiger partial charge in [-0.3, -0.25) is 9.59 Å². The maximum Gasteiger partial charge on any atom is 0.242 e. The van der Waals surface area contributed by atoms with Gasteiger partial charge in [0.05, 0.1) is 6.42 Å². The molecule has 7 heteroatoms. The third-order valence-corrected chi connectivity index (χ3v) is 6.24. The molecular formula is C23H25Cl2FN2O2.